The van der Waals surface area contributed by atoms with Crippen molar-refractivity contribution in [3.05, 3.63) is 86.3 Å². The molecular formula is C21H14F4N4O5. The molecule has 1 aliphatic rings. The van der Waals surface area contributed by atoms with E-state index in [1.165, 1.54) is 31.4 Å². The Hall–Kier alpha value is -4.42. The molecule has 9 nitrogen and oxygen atoms in total. The van der Waals surface area contributed by atoms with Crippen LogP contribution in [0.1, 0.15) is 15.9 Å². The Morgan fingerprint density at radius 1 is 1.03 bits per heavy atom. The summed E-state index contributed by atoms with van der Waals surface area (Å²) in [6, 6.07) is 8.94. The van der Waals surface area contributed by atoms with Crippen LogP contribution in [0.2, 0.25) is 0 Å². The summed E-state index contributed by atoms with van der Waals surface area (Å²) in [6.45, 7) is 0. The van der Waals surface area contributed by atoms with Crippen molar-refractivity contribution in [3.8, 4) is 11.4 Å². The van der Waals surface area contributed by atoms with Crippen LogP contribution in [0.5, 0.6) is 5.75 Å². The first kappa shape index (κ1) is 22.8. The van der Waals surface area contributed by atoms with Gasteiger partial charge in [0.05, 0.1) is 12.8 Å². The molecule has 0 unspecified atom stereocenters. The topological polar surface area (TPSA) is 122 Å². The molecule has 2 heterocycles. The number of hydrogen-bond donors (Lipinski definition) is 3. The second-order valence-corrected chi connectivity index (χ2v) is 7.18. The lowest BCUT2D eigenvalue weighted by atomic mass is 9.91. The zero-order chi connectivity index (χ0) is 24.8. The standard InChI is InChI=1S/C21H14F4N4O5/c1-34-13-8-6-12(7-9-13)29-15-14(17(31)27-19(29)33)20(18(32)26-15,21(23,24)25)28-16(30)10-2-4-11(22)5-3-10/h2-9H,1H3,(H,26,32)(H,28,30)(H,27,31,33)/t20-/m0/s1. The molecule has 34 heavy (non-hydrogen) atoms. The van der Waals surface area contributed by atoms with Gasteiger partial charge in [-0.2, -0.15) is 13.2 Å². The quantitative estimate of drug-likeness (QED) is 0.494. The minimum absolute atomic E-state index is 0.00133. The molecule has 4 rings (SSSR count). The summed E-state index contributed by atoms with van der Waals surface area (Å²) in [5.74, 6) is -4.34. The molecule has 0 radical (unpaired) electrons. The number of alkyl halides is 3. The maximum absolute atomic E-state index is 14.4. The maximum atomic E-state index is 14.4. The van der Waals surface area contributed by atoms with Crippen molar-refractivity contribution >= 4 is 17.6 Å². The van der Waals surface area contributed by atoms with Crippen LogP contribution in [0, 0.1) is 5.82 Å². The third kappa shape index (κ3) is 3.41. The first-order valence-electron chi connectivity index (χ1n) is 9.50. The monoisotopic (exact) mass is 478 g/mol. The number of aromatic nitrogens is 2. The average Bonchev–Trinajstić information content (AvgIpc) is 3.07. The summed E-state index contributed by atoms with van der Waals surface area (Å²) in [5, 5.41) is 3.49. The van der Waals surface area contributed by atoms with Gasteiger partial charge in [0.15, 0.2) is 0 Å². The van der Waals surface area contributed by atoms with Crippen LogP contribution in [0.3, 0.4) is 0 Å². The highest BCUT2D eigenvalue weighted by molar-refractivity contribution is 6.09. The van der Waals surface area contributed by atoms with Gasteiger partial charge in [-0.25, -0.2) is 13.8 Å². The highest BCUT2D eigenvalue weighted by Crippen LogP contribution is 2.45. The maximum Gasteiger partial charge on any atom is 0.425 e. The van der Waals surface area contributed by atoms with Gasteiger partial charge in [0.2, 0.25) is 0 Å². The smallest absolute Gasteiger partial charge is 0.425 e. The molecule has 3 aromatic rings. The van der Waals surface area contributed by atoms with E-state index in [-0.39, 0.29) is 5.69 Å². The third-order valence-corrected chi connectivity index (χ3v) is 5.22. The summed E-state index contributed by atoms with van der Waals surface area (Å²) >= 11 is 0. The molecule has 2 aromatic carbocycles. The van der Waals surface area contributed by atoms with E-state index in [0.717, 1.165) is 24.3 Å². The molecule has 13 heteroatoms. The SMILES string of the molecule is COc1ccc(-n2c3c(c(=O)[nH]c2=O)[C@@](NC(=O)c2ccc(F)cc2)(C(F)(F)F)C(=O)N3)cc1. The Labute approximate surface area is 187 Å². The Bertz CT molecular complexity index is 1410. The molecule has 1 aliphatic heterocycles. The predicted molar refractivity (Wildman–Crippen MR) is 109 cm³/mol. The third-order valence-electron chi connectivity index (χ3n) is 5.22. The number of H-pyrrole nitrogens is 1. The van der Waals surface area contributed by atoms with Gasteiger partial charge >= 0.3 is 11.9 Å². The summed E-state index contributed by atoms with van der Waals surface area (Å²) in [5.41, 5.74) is -8.11. The number of aromatic amines is 1. The zero-order valence-corrected chi connectivity index (χ0v) is 17.1. The molecular weight excluding hydrogens is 464 g/mol. The number of amides is 2. The molecule has 0 saturated carbocycles. The largest absolute Gasteiger partial charge is 0.497 e. The molecule has 0 spiro atoms. The van der Waals surface area contributed by atoms with Crippen molar-refractivity contribution in [1.29, 1.82) is 0 Å². The van der Waals surface area contributed by atoms with E-state index in [0.29, 0.717) is 10.3 Å². The van der Waals surface area contributed by atoms with E-state index in [1.54, 1.807) is 10.3 Å². The molecule has 0 bridgehead atoms. The van der Waals surface area contributed by atoms with Gasteiger partial charge in [0.25, 0.3) is 22.9 Å². The average molecular weight is 478 g/mol. The number of methoxy groups -OCH3 is 1. The van der Waals surface area contributed by atoms with Crippen molar-refractivity contribution in [1.82, 2.24) is 14.9 Å². The lowest BCUT2D eigenvalue weighted by Crippen LogP contribution is -2.62. The van der Waals surface area contributed by atoms with Gasteiger partial charge in [0, 0.05) is 5.56 Å². The minimum atomic E-state index is -5.51. The number of halogens is 4. The van der Waals surface area contributed by atoms with Gasteiger partial charge in [-0.1, -0.05) is 0 Å². The summed E-state index contributed by atoms with van der Waals surface area (Å²) in [6.07, 6.45) is -5.51. The first-order chi connectivity index (χ1) is 16.0. The van der Waals surface area contributed by atoms with Gasteiger partial charge in [0.1, 0.15) is 22.9 Å². The summed E-state index contributed by atoms with van der Waals surface area (Å²) < 4.78 is 62.0. The fourth-order valence-electron chi connectivity index (χ4n) is 3.60. The number of ether oxygens (including phenoxy) is 1. The lowest BCUT2D eigenvalue weighted by molar-refractivity contribution is -0.196. The second kappa shape index (κ2) is 7.86. The second-order valence-electron chi connectivity index (χ2n) is 7.18. The Morgan fingerprint density at radius 2 is 1.65 bits per heavy atom. The number of fused-ring (bicyclic) bond motifs is 1. The van der Waals surface area contributed by atoms with Crippen molar-refractivity contribution in [2.24, 2.45) is 0 Å². The number of rotatable bonds is 4. The van der Waals surface area contributed by atoms with E-state index >= 15 is 0 Å². The van der Waals surface area contributed by atoms with Crippen LogP contribution in [-0.4, -0.2) is 34.7 Å². The molecule has 0 fully saturated rings. The number of carbonyl (C=O) groups is 2. The van der Waals surface area contributed by atoms with Crippen molar-refractivity contribution in [2.45, 2.75) is 11.7 Å². The molecule has 2 amide bonds. The lowest BCUT2D eigenvalue weighted by Gasteiger charge is -2.30. The van der Waals surface area contributed by atoms with Crippen LogP contribution in [0.25, 0.3) is 5.69 Å². The van der Waals surface area contributed by atoms with E-state index in [4.69, 9.17) is 4.74 Å². The number of hydrogen-bond acceptors (Lipinski definition) is 5. The molecule has 1 atom stereocenters. The zero-order valence-electron chi connectivity index (χ0n) is 17.1. The van der Waals surface area contributed by atoms with Gasteiger partial charge in [-0.3, -0.25) is 19.4 Å². The highest BCUT2D eigenvalue weighted by Gasteiger charge is 2.68. The van der Waals surface area contributed by atoms with Gasteiger partial charge < -0.3 is 15.4 Å². The molecule has 1 aromatic heterocycles. The fraction of sp³-hybridized carbons (Fsp3) is 0.143. The number of carbonyl (C=O) groups excluding carboxylic acids is 2. The van der Waals surface area contributed by atoms with E-state index < -0.39 is 57.5 Å². The Kier molecular flexibility index (Phi) is 5.26. The van der Waals surface area contributed by atoms with Crippen molar-refractivity contribution in [3.63, 3.8) is 0 Å². The number of nitrogens with zero attached hydrogens (tertiary/aromatic N) is 1. The van der Waals surface area contributed by atoms with Crippen molar-refractivity contribution in [2.75, 3.05) is 12.4 Å². The van der Waals surface area contributed by atoms with E-state index in [1.807, 2.05) is 5.32 Å². The van der Waals surface area contributed by atoms with Crippen LogP contribution >= 0.6 is 0 Å². The predicted octanol–water partition coefficient (Wildman–Crippen LogP) is 1.81. The number of anilines is 1. The first-order valence-corrected chi connectivity index (χ1v) is 9.50. The molecule has 176 valence electrons. The Balaban J connectivity index is 1.94. The molecule has 0 aliphatic carbocycles. The molecule has 0 saturated heterocycles. The van der Waals surface area contributed by atoms with Crippen molar-refractivity contribution < 1.29 is 31.9 Å². The summed E-state index contributed by atoms with van der Waals surface area (Å²) in [7, 11) is 1.38. The highest BCUT2D eigenvalue weighted by atomic mass is 19.4. The van der Waals surface area contributed by atoms with Crippen LogP contribution in [0.15, 0.2) is 58.1 Å². The molecule has 3 N–H and O–H groups in total. The van der Waals surface area contributed by atoms with Crippen LogP contribution in [0.4, 0.5) is 23.4 Å². The fourth-order valence-corrected chi connectivity index (χ4v) is 3.60. The van der Waals surface area contributed by atoms with Gasteiger partial charge in [-0.05, 0) is 48.5 Å². The van der Waals surface area contributed by atoms with E-state index in [9.17, 15) is 36.7 Å². The minimum Gasteiger partial charge on any atom is -0.497 e. The number of benzene rings is 2. The Morgan fingerprint density at radius 3 is 2.21 bits per heavy atom. The summed E-state index contributed by atoms with van der Waals surface area (Å²) in [4.78, 5) is 52.3. The number of nitrogens with one attached hydrogen (secondary N) is 3. The van der Waals surface area contributed by atoms with Crippen LogP contribution in [-0.2, 0) is 10.3 Å². The van der Waals surface area contributed by atoms with Crippen LogP contribution < -0.4 is 26.6 Å². The van der Waals surface area contributed by atoms with E-state index in [2.05, 4.69) is 0 Å². The van der Waals surface area contributed by atoms with Gasteiger partial charge in [-0.15, -0.1) is 0 Å². The normalized spacial score (nSPS) is 17.1.